The first-order chi connectivity index (χ1) is 13.6. The molecular weight excluding hydrogens is 380 g/mol. The van der Waals surface area contributed by atoms with Crippen LogP contribution in [0.2, 0.25) is 5.02 Å². The van der Waals surface area contributed by atoms with Crippen LogP contribution < -0.4 is 15.4 Å². The van der Waals surface area contributed by atoms with E-state index in [0.29, 0.717) is 22.3 Å². The minimum atomic E-state index is -0.788. The highest BCUT2D eigenvalue weighted by Crippen LogP contribution is 2.35. The number of nitrogens with zero attached hydrogens (tertiary/aromatic N) is 2. The summed E-state index contributed by atoms with van der Waals surface area (Å²) in [5.41, 5.74) is 2.07. The maximum atomic E-state index is 12.9. The molecule has 0 radical (unpaired) electrons. The number of amides is 2. The van der Waals surface area contributed by atoms with Crippen molar-refractivity contribution in [3.8, 4) is 16.9 Å². The molecule has 2 amide bonds. The van der Waals surface area contributed by atoms with Gasteiger partial charge in [0.25, 0.3) is 0 Å². The Morgan fingerprint density at radius 3 is 2.82 bits per heavy atom. The average molecular weight is 397 g/mol. The lowest BCUT2D eigenvalue weighted by Gasteiger charge is -2.24. The molecule has 7 nitrogen and oxygen atoms in total. The smallest absolute Gasteiger partial charge is 0.249 e. The third kappa shape index (κ3) is 3.32. The molecule has 2 aromatic carbocycles. The van der Waals surface area contributed by atoms with Crippen LogP contribution >= 0.6 is 11.6 Å². The highest BCUT2D eigenvalue weighted by Gasteiger charge is 2.33. The first kappa shape index (κ1) is 18.1. The lowest BCUT2D eigenvalue weighted by molar-refractivity contribution is -0.125. The van der Waals surface area contributed by atoms with Crippen molar-refractivity contribution in [3.63, 3.8) is 0 Å². The van der Waals surface area contributed by atoms with Crippen molar-refractivity contribution in [2.24, 2.45) is 0 Å². The molecule has 0 saturated heterocycles. The van der Waals surface area contributed by atoms with Gasteiger partial charge in [-0.3, -0.25) is 9.59 Å². The Hall–Kier alpha value is -3.32. The molecule has 1 aromatic heterocycles. The summed E-state index contributed by atoms with van der Waals surface area (Å²) in [6.45, 7) is 0. The number of carbonyl (C=O) groups excluding carboxylic acids is 2. The van der Waals surface area contributed by atoms with Gasteiger partial charge in [-0.05, 0) is 17.7 Å². The minimum Gasteiger partial charge on any atom is -0.497 e. The van der Waals surface area contributed by atoms with Crippen LogP contribution in [0.25, 0.3) is 11.1 Å². The number of benzene rings is 2. The monoisotopic (exact) mass is 396 g/mol. The van der Waals surface area contributed by atoms with Crippen LogP contribution in [0.5, 0.6) is 5.75 Å². The van der Waals surface area contributed by atoms with E-state index < -0.39 is 6.04 Å². The number of methoxy groups -OCH3 is 1. The molecule has 142 valence electrons. The first-order valence-corrected chi connectivity index (χ1v) is 9.02. The summed E-state index contributed by atoms with van der Waals surface area (Å²) in [6.07, 6.45) is 1.63. The van der Waals surface area contributed by atoms with Crippen molar-refractivity contribution in [3.05, 3.63) is 59.8 Å². The number of aromatic nitrogens is 2. The Morgan fingerprint density at radius 2 is 2.07 bits per heavy atom. The van der Waals surface area contributed by atoms with Gasteiger partial charge in [0, 0.05) is 11.6 Å². The predicted molar refractivity (Wildman–Crippen MR) is 107 cm³/mol. The maximum absolute atomic E-state index is 12.9. The average Bonchev–Trinajstić information content (AvgIpc) is 3.13. The summed E-state index contributed by atoms with van der Waals surface area (Å²) < 4.78 is 6.71. The van der Waals surface area contributed by atoms with Crippen LogP contribution in [-0.2, 0) is 9.59 Å². The minimum absolute atomic E-state index is 0.0175. The van der Waals surface area contributed by atoms with Gasteiger partial charge in [0.1, 0.15) is 17.6 Å². The zero-order valence-corrected chi connectivity index (χ0v) is 15.7. The molecule has 2 heterocycles. The lowest BCUT2D eigenvalue weighted by atomic mass is 10.1. The van der Waals surface area contributed by atoms with Gasteiger partial charge in [0.15, 0.2) is 0 Å². The topological polar surface area (TPSA) is 85.2 Å². The maximum Gasteiger partial charge on any atom is 0.249 e. The number of carbonyl (C=O) groups is 2. The van der Waals surface area contributed by atoms with Crippen molar-refractivity contribution >= 4 is 34.9 Å². The van der Waals surface area contributed by atoms with Gasteiger partial charge in [-0.1, -0.05) is 41.9 Å². The van der Waals surface area contributed by atoms with Crippen molar-refractivity contribution in [1.82, 2.24) is 9.78 Å². The van der Waals surface area contributed by atoms with E-state index in [1.54, 1.807) is 24.4 Å². The molecule has 8 heteroatoms. The number of nitrogens with one attached hydrogen (secondary N) is 2. The van der Waals surface area contributed by atoms with Gasteiger partial charge in [-0.15, -0.1) is 0 Å². The Bertz CT molecular complexity index is 1050. The van der Waals surface area contributed by atoms with Crippen LogP contribution in [0.4, 0.5) is 11.5 Å². The Morgan fingerprint density at radius 1 is 1.29 bits per heavy atom. The van der Waals surface area contributed by atoms with E-state index in [9.17, 15) is 9.59 Å². The number of ether oxygens (including phenoxy) is 1. The van der Waals surface area contributed by atoms with E-state index in [0.717, 1.165) is 11.1 Å². The molecule has 0 fully saturated rings. The number of anilines is 2. The summed E-state index contributed by atoms with van der Waals surface area (Å²) in [4.78, 5) is 25.2. The van der Waals surface area contributed by atoms with E-state index in [1.807, 2.05) is 30.3 Å². The van der Waals surface area contributed by atoms with Crippen LogP contribution in [0.3, 0.4) is 0 Å². The molecule has 0 saturated carbocycles. The highest BCUT2D eigenvalue weighted by molar-refractivity contribution is 6.33. The van der Waals surface area contributed by atoms with Gasteiger partial charge in [-0.2, -0.15) is 5.10 Å². The van der Waals surface area contributed by atoms with Crippen molar-refractivity contribution in [1.29, 1.82) is 0 Å². The summed E-state index contributed by atoms with van der Waals surface area (Å²) in [5.74, 6) is 0.433. The van der Waals surface area contributed by atoms with E-state index in [4.69, 9.17) is 16.3 Å². The van der Waals surface area contributed by atoms with Gasteiger partial charge in [-0.25, -0.2) is 4.68 Å². The molecule has 1 aliphatic rings. The van der Waals surface area contributed by atoms with E-state index in [-0.39, 0.29) is 18.2 Å². The molecule has 3 aromatic rings. The second-order valence-electron chi connectivity index (χ2n) is 6.32. The summed E-state index contributed by atoms with van der Waals surface area (Å²) in [6, 6.07) is 13.7. The molecule has 0 aliphatic carbocycles. The molecule has 1 atom stereocenters. The fourth-order valence-electron chi connectivity index (χ4n) is 3.14. The van der Waals surface area contributed by atoms with Gasteiger partial charge >= 0.3 is 0 Å². The number of halogens is 1. The molecule has 28 heavy (non-hydrogen) atoms. The third-order valence-electron chi connectivity index (χ3n) is 4.55. The van der Waals surface area contributed by atoms with E-state index >= 15 is 0 Å². The van der Waals surface area contributed by atoms with Crippen molar-refractivity contribution in [2.45, 2.75) is 12.5 Å². The second-order valence-corrected chi connectivity index (χ2v) is 6.73. The SMILES string of the molecule is COc1ccc(Cl)c(NC(=O)[C@H]2CC(=O)Nc3c(-c4ccccc4)cnn32)c1. The van der Waals surface area contributed by atoms with Gasteiger partial charge in [0.05, 0.1) is 30.4 Å². The molecule has 0 bridgehead atoms. The standard InChI is InChI=1S/C20H17ClN4O3/c1-28-13-7-8-15(21)16(9-13)23-20(27)17-10-18(26)24-19-14(11-22-25(17)19)12-5-3-2-4-6-12/h2-9,11,17H,10H2,1H3,(H,23,27)(H,24,26)/t17-/m1/s1. The second kappa shape index (κ2) is 7.36. The normalized spacial score (nSPS) is 15.5. The molecular formula is C20H17ClN4O3. The highest BCUT2D eigenvalue weighted by atomic mass is 35.5. The first-order valence-electron chi connectivity index (χ1n) is 8.64. The quantitative estimate of drug-likeness (QED) is 0.703. The fourth-order valence-corrected chi connectivity index (χ4v) is 3.31. The van der Waals surface area contributed by atoms with Crippen LogP contribution in [0.1, 0.15) is 12.5 Å². The van der Waals surface area contributed by atoms with Crippen LogP contribution in [0.15, 0.2) is 54.7 Å². The molecule has 0 unspecified atom stereocenters. The number of hydrogen-bond donors (Lipinski definition) is 2. The van der Waals surface area contributed by atoms with Gasteiger partial charge in [0.2, 0.25) is 11.8 Å². The molecule has 0 spiro atoms. The molecule has 2 N–H and O–H groups in total. The summed E-state index contributed by atoms with van der Waals surface area (Å²) in [7, 11) is 1.53. The largest absolute Gasteiger partial charge is 0.497 e. The summed E-state index contributed by atoms with van der Waals surface area (Å²) in [5, 5.41) is 10.3. The van der Waals surface area contributed by atoms with Crippen molar-refractivity contribution in [2.75, 3.05) is 17.7 Å². The number of rotatable bonds is 4. The molecule has 4 rings (SSSR count). The fraction of sp³-hybridized carbons (Fsp3) is 0.150. The number of hydrogen-bond acceptors (Lipinski definition) is 4. The number of fused-ring (bicyclic) bond motifs is 1. The van der Waals surface area contributed by atoms with E-state index in [1.165, 1.54) is 11.8 Å². The Labute approximate surface area is 166 Å². The third-order valence-corrected chi connectivity index (χ3v) is 4.88. The molecule has 1 aliphatic heterocycles. The Kier molecular flexibility index (Phi) is 4.75. The summed E-state index contributed by atoms with van der Waals surface area (Å²) >= 11 is 6.18. The van der Waals surface area contributed by atoms with Gasteiger partial charge < -0.3 is 15.4 Å². The van der Waals surface area contributed by atoms with Crippen LogP contribution in [-0.4, -0.2) is 28.7 Å². The zero-order chi connectivity index (χ0) is 19.7. The lowest BCUT2D eigenvalue weighted by Crippen LogP contribution is -2.35. The van der Waals surface area contributed by atoms with E-state index in [2.05, 4.69) is 15.7 Å². The predicted octanol–water partition coefficient (Wildman–Crippen LogP) is 3.73. The Balaban J connectivity index is 1.66. The zero-order valence-electron chi connectivity index (χ0n) is 15.0. The van der Waals surface area contributed by atoms with Crippen molar-refractivity contribution < 1.29 is 14.3 Å². The van der Waals surface area contributed by atoms with Crippen LogP contribution in [0, 0.1) is 0 Å².